The molecule has 0 unspecified atom stereocenters. The summed E-state index contributed by atoms with van der Waals surface area (Å²) in [5.74, 6) is -1.05. The number of hydrazone groups is 1. The van der Waals surface area contributed by atoms with E-state index in [0.717, 1.165) is 11.1 Å². The Balaban J connectivity index is 1.62. The highest BCUT2D eigenvalue weighted by atomic mass is 35.5. The molecule has 7 nitrogen and oxygen atoms in total. The van der Waals surface area contributed by atoms with E-state index < -0.39 is 5.91 Å². The van der Waals surface area contributed by atoms with Crippen LogP contribution in [0.25, 0.3) is 11.3 Å². The van der Waals surface area contributed by atoms with Gasteiger partial charge in [0.15, 0.2) is 11.5 Å². The van der Waals surface area contributed by atoms with Crippen molar-refractivity contribution in [1.82, 2.24) is 15.2 Å². The molecule has 1 amide bonds. The van der Waals surface area contributed by atoms with E-state index in [9.17, 15) is 15.0 Å². The highest BCUT2D eigenvalue weighted by Gasteiger charge is 2.18. The van der Waals surface area contributed by atoms with E-state index in [1.807, 2.05) is 24.3 Å². The van der Waals surface area contributed by atoms with Gasteiger partial charge in [0.25, 0.3) is 5.91 Å². The number of nitrogens with zero attached hydrogens (tertiary/aromatic N) is 3. The maximum atomic E-state index is 13.1. The number of aromatic hydroxyl groups is 2. The highest BCUT2D eigenvalue weighted by Crippen LogP contribution is 2.27. The van der Waals surface area contributed by atoms with Crippen molar-refractivity contribution in [3.63, 3.8) is 0 Å². The summed E-state index contributed by atoms with van der Waals surface area (Å²) in [6.45, 7) is 6.87. The van der Waals surface area contributed by atoms with Crippen LogP contribution in [0.5, 0.6) is 11.5 Å². The molecule has 0 bridgehead atoms. The monoisotopic (exact) mass is 502 g/mol. The van der Waals surface area contributed by atoms with Crippen molar-refractivity contribution in [2.75, 3.05) is 0 Å². The molecule has 0 atom stereocenters. The first-order valence-electron chi connectivity index (χ1n) is 11.4. The van der Waals surface area contributed by atoms with Gasteiger partial charge in [-0.3, -0.25) is 9.48 Å². The van der Waals surface area contributed by atoms with Crippen molar-refractivity contribution in [3.05, 3.63) is 100 Å². The summed E-state index contributed by atoms with van der Waals surface area (Å²) < 4.78 is 1.63. The summed E-state index contributed by atoms with van der Waals surface area (Å²) >= 11 is 6.03. The molecular formula is C28H27ClN4O3. The molecule has 0 fully saturated rings. The molecular weight excluding hydrogens is 476 g/mol. The minimum Gasteiger partial charge on any atom is -0.504 e. The van der Waals surface area contributed by atoms with E-state index in [4.69, 9.17) is 11.6 Å². The minimum atomic E-state index is -0.468. The van der Waals surface area contributed by atoms with Gasteiger partial charge in [-0.05, 0) is 46.9 Å². The fourth-order valence-corrected chi connectivity index (χ4v) is 3.76. The summed E-state index contributed by atoms with van der Waals surface area (Å²) in [7, 11) is 0. The fraction of sp³-hybridized carbons (Fsp3) is 0.179. The summed E-state index contributed by atoms with van der Waals surface area (Å²) in [6, 6.07) is 21.7. The zero-order valence-electron chi connectivity index (χ0n) is 20.2. The number of amides is 1. The lowest BCUT2D eigenvalue weighted by Crippen LogP contribution is -2.22. The molecule has 36 heavy (non-hydrogen) atoms. The number of benzene rings is 3. The quantitative estimate of drug-likeness (QED) is 0.178. The third-order valence-electron chi connectivity index (χ3n) is 5.72. The van der Waals surface area contributed by atoms with Crippen LogP contribution in [0.2, 0.25) is 5.02 Å². The molecule has 0 aliphatic rings. The number of hydrogen-bond acceptors (Lipinski definition) is 5. The van der Waals surface area contributed by atoms with Crippen molar-refractivity contribution in [1.29, 1.82) is 0 Å². The Morgan fingerprint density at radius 3 is 2.42 bits per heavy atom. The first kappa shape index (κ1) is 25.0. The van der Waals surface area contributed by atoms with Gasteiger partial charge in [0, 0.05) is 16.1 Å². The van der Waals surface area contributed by atoms with Crippen LogP contribution in [-0.4, -0.2) is 32.1 Å². The van der Waals surface area contributed by atoms with Gasteiger partial charge in [0.1, 0.15) is 5.69 Å². The smallest absolute Gasteiger partial charge is 0.289 e. The molecule has 4 rings (SSSR count). The second-order valence-electron chi connectivity index (χ2n) is 9.44. The molecule has 0 saturated heterocycles. The number of aromatic nitrogens is 2. The third-order valence-corrected chi connectivity index (χ3v) is 5.97. The zero-order valence-corrected chi connectivity index (χ0v) is 21.0. The summed E-state index contributed by atoms with van der Waals surface area (Å²) in [4.78, 5) is 13.1. The van der Waals surface area contributed by atoms with Crippen LogP contribution in [0.1, 0.15) is 48.0 Å². The lowest BCUT2D eigenvalue weighted by atomic mass is 9.87. The Labute approximate surface area is 214 Å². The molecule has 0 aliphatic heterocycles. The number of halogens is 1. The maximum absolute atomic E-state index is 13.1. The SMILES string of the molecule is CC(C)(C)c1ccc(Cn2nc(-c3ccc(Cl)cc3)cc2C(=O)N/N=C/c2cccc(O)c2O)cc1. The van der Waals surface area contributed by atoms with E-state index in [1.54, 1.807) is 35.0 Å². The predicted molar refractivity (Wildman–Crippen MR) is 142 cm³/mol. The van der Waals surface area contributed by atoms with Crippen LogP contribution >= 0.6 is 11.6 Å². The van der Waals surface area contributed by atoms with Gasteiger partial charge in [0.2, 0.25) is 0 Å². The molecule has 0 saturated carbocycles. The van der Waals surface area contributed by atoms with E-state index in [2.05, 4.69) is 48.5 Å². The molecule has 3 N–H and O–H groups in total. The van der Waals surface area contributed by atoms with Crippen LogP contribution in [0, 0.1) is 0 Å². The topological polar surface area (TPSA) is 99.7 Å². The lowest BCUT2D eigenvalue weighted by Gasteiger charge is -2.19. The van der Waals surface area contributed by atoms with Crippen LogP contribution in [-0.2, 0) is 12.0 Å². The normalized spacial score (nSPS) is 11.7. The first-order chi connectivity index (χ1) is 17.1. The fourth-order valence-electron chi connectivity index (χ4n) is 3.64. The Bertz CT molecular complexity index is 1400. The number of phenols is 2. The summed E-state index contributed by atoms with van der Waals surface area (Å²) in [6.07, 6.45) is 1.26. The van der Waals surface area contributed by atoms with E-state index >= 15 is 0 Å². The van der Waals surface area contributed by atoms with Crippen LogP contribution in [0.4, 0.5) is 0 Å². The van der Waals surface area contributed by atoms with Crippen LogP contribution in [0.15, 0.2) is 77.9 Å². The minimum absolute atomic E-state index is 0.0407. The number of carbonyl (C=O) groups is 1. The number of carbonyl (C=O) groups excluding carboxylic acids is 1. The molecule has 4 aromatic rings. The average Bonchev–Trinajstić information content (AvgIpc) is 3.26. The molecule has 8 heteroatoms. The van der Waals surface area contributed by atoms with Crippen molar-refractivity contribution in [2.24, 2.45) is 5.10 Å². The van der Waals surface area contributed by atoms with Gasteiger partial charge < -0.3 is 10.2 Å². The molecule has 0 spiro atoms. The maximum Gasteiger partial charge on any atom is 0.289 e. The van der Waals surface area contributed by atoms with E-state index in [1.165, 1.54) is 17.8 Å². The second kappa shape index (κ2) is 10.3. The number of phenolic OH excluding ortho intramolecular Hbond substituents is 2. The largest absolute Gasteiger partial charge is 0.504 e. The van der Waals surface area contributed by atoms with E-state index in [-0.39, 0.29) is 22.5 Å². The van der Waals surface area contributed by atoms with Gasteiger partial charge in [0.05, 0.1) is 18.5 Å². The molecule has 184 valence electrons. The van der Waals surface area contributed by atoms with Gasteiger partial charge in [-0.1, -0.05) is 74.8 Å². The van der Waals surface area contributed by atoms with Gasteiger partial charge in [-0.15, -0.1) is 0 Å². The number of nitrogens with one attached hydrogen (secondary N) is 1. The standard InChI is InChI=1S/C28H27ClN4O3/c1-28(2,3)21-11-7-18(8-12-21)17-33-24(15-23(32-33)19-9-13-22(29)14-10-19)27(36)31-30-16-20-5-4-6-25(34)26(20)35/h4-16,34-35H,17H2,1-3H3,(H,31,36)/b30-16+. The number of rotatable bonds is 6. The Morgan fingerprint density at radius 1 is 1.06 bits per heavy atom. The third kappa shape index (κ3) is 5.75. The van der Waals surface area contributed by atoms with Gasteiger partial charge in [-0.25, -0.2) is 5.43 Å². The Morgan fingerprint density at radius 2 is 1.75 bits per heavy atom. The lowest BCUT2D eigenvalue weighted by molar-refractivity contribution is 0.0945. The molecule has 1 aromatic heterocycles. The average molecular weight is 503 g/mol. The predicted octanol–water partition coefficient (Wildman–Crippen LogP) is 5.72. The van der Waals surface area contributed by atoms with E-state index in [0.29, 0.717) is 23.0 Å². The summed E-state index contributed by atoms with van der Waals surface area (Å²) in [5.41, 5.74) is 6.77. The summed E-state index contributed by atoms with van der Waals surface area (Å²) in [5, 5.41) is 28.8. The highest BCUT2D eigenvalue weighted by molar-refractivity contribution is 6.30. The van der Waals surface area contributed by atoms with Gasteiger partial charge in [-0.2, -0.15) is 10.2 Å². The molecule has 0 aliphatic carbocycles. The van der Waals surface area contributed by atoms with Crippen molar-refractivity contribution in [3.8, 4) is 22.8 Å². The van der Waals surface area contributed by atoms with Crippen LogP contribution in [0.3, 0.4) is 0 Å². The number of para-hydroxylation sites is 1. The van der Waals surface area contributed by atoms with Crippen molar-refractivity contribution in [2.45, 2.75) is 32.7 Å². The first-order valence-corrected chi connectivity index (χ1v) is 11.8. The Kier molecular flexibility index (Phi) is 7.12. The van der Waals surface area contributed by atoms with Gasteiger partial charge >= 0.3 is 0 Å². The molecule has 3 aromatic carbocycles. The van der Waals surface area contributed by atoms with Crippen molar-refractivity contribution >= 4 is 23.7 Å². The zero-order chi connectivity index (χ0) is 25.9. The Hall–Kier alpha value is -4.10. The number of hydrogen-bond donors (Lipinski definition) is 3. The molecule has 1 heterocycles. The second-order valence-corrected chi connectivity index (χ2v) is 9.88. The van der Waals surface area contributed by atoms with Crippen LogP contribution < -0.4 is 5.43 Å². The van der Waals surface area contributed by atoms with Crippen molar-refractivity contribution < 1.29 is 15.0 Å². The molecule has 0 radical (unpaired) electrons.